The monoisotopic (exact) mass is 426 g/mol. The summed E-state index contributed by atoms with van der Waals surface area (Å²) >= 11 is 1.11. The first-order chi connectivity index (χ1) is 13.7. The second-order valence-corrected chi connectivity index (χ2v) is 7.17. The van der Waals surface area contributed by atoms with Gasteiger partial charge in [-0.3, -0.25) is 4.98 Å². The molecule has 7 nitrogen and oxygen atoms in total. The topological polar surface area (TPSA) is 90.1 Å². The zero-order chi connectivity index (χ0) is 21.0. The van der Waals surface area contributed by atoms with Crippen molar-refractivity contribution in [1.82, 2.24) is 20.4 Å². The molecule has 0 atom stereocenters. The summed E-state index contributed by atoms with van der Waals surface area (Å²) in [6, 6.07) is 5.49. The maximum absolute atomic E-state index is 12.2. The highest BCUT2D eigenvalue weighted by atomic mass is 32.1. The van der Waals surface area contributed by atoms with Crippen LogP contribution >= 0.6 is 11.3 Å². The minimum atomic E-state index is -4.51. The Bertz CT molecular complexity index is 986. The van der Waals surface area contributed by atoms with Gasteiger partial charge in [-0.2, -0.15) is 13.2 Å². The molecule has 3 heterocycles. The third-order valence-electron chi connectivity index (χ3n) is 3.90. The minimum Gasteiger partial charge on any atom is -0.397 e. The Labute approximate surface area is 167 Å². The molecule has 0 fully saturated rings. The summed E-state index contributed by atoms with van der Waals surface area (Å²) < 4.78 is 46.7. The van der Waals surface area contributed by atoms with E-state index in [1.165, 1.54) is 0 Å². The van der Waals surface area contributed by atoms with Crippen molar-refractivity contribution in [3.8, 4) is 16.5 Å². The number of nitrogens with one attached hydrogen (secondary N) is 1. The predicted octanol–water partition coefficient (Wildman–Crippen LogP) is 4.25. The van der Waals surface area contributed by atoms with Crippen LogP contribution in [0.5, 0.6) is 5.06 Å². The molecular formula is C18H17F3N4O3S. The summed E-state index contributed by atoms with van der Waals surface area (Å²) in [6.45, 7) is 1.97. The summed E-state index contributed by atoms with van der Waals surface area (Å²) in [7, 11) is 0. The smallest absolute Gasteiger partial charge is 0.397 e. The summed E-state index contributed by atoms with van der Waals surface area (Å²) in [4.78, 5) is 20.1. The van der Waals surface area contributed by atoms with Crippen LogP contribution in [0.1, 0.15) is 22.0 Å². The lowest BCUT2D eigenvalue weighted by molar-refractivity contribution is -0.123. The van der Waals surface area contributed by atoms with E-state index in [1.54, 1.807) is 31.4 Å². The zero-order valence-corrected chi connectivity index (χ0v) is 16.4. The number of carbonyl (C=O) groups excluding carboxylic acids is 1. The Balaban J connectivity index is 1.65. The normalized spacial score (nSPS) is 11.5. The maximum Gasteiger partial charge on any atom is 0.413 e. The lowest BCUT2D eigenvalue weighted by atomic mass is 10.1. The van der Waals surface area contributed by atoms with Crippen molar-refractivity contribution < 1.29 is 27.2 Å². The maximum atomic E-state index is 12.2. The standard InChI is InChI=1S/C18H17F3N4O3S/c1-10-16(27-17(26)23-9-18(19,20)21)29-14(24-10)7-6-12-11(2)28-25-15(12)13-5-3-4-8-22-13/h3-5,8H,6-7,9H2,1-2H3,(H,23,26). The Morgan fingerprint density at radius 3 is 2.76 bits per heavy atom. The van der Waals surface area contributed by atoms with Gasteiger partial charge in [0, 0.05) is 18.2 Å². The van der Waals surface area contributed by atoms with Gasteiger partial charge in [-0.1, -0.05) is 22.6 Å². The molecule has 1 amide bonds. The minimum absolute atomic E-state index is 0.159. The van der Waals surface area contributed by atoms with E-state index in [0.717, 1.165) is 16.9 Å². The molecule has 0 spiro atoms. The van der Waals surface area contributed by atoms with Crippen molar-refractivity contribution in [2.75, 3.05) is 6.54 Å². The highest BCUT2D eigenvalue weighted by molar-refractivity contribution is 7.13. The van der Waals surface area contributed by atoms with Crippen LogP contribution in [-0.2, 0) is 12.8 Å². The third kappa shape index (κ3) is 5.53. The fourth-order valence-corrected chi connectivity index (χ4v) is 3.46. The number of halogens is 3. The Morgan fingerprint density at radius 1 is 1.28 bits per heavy atom. The summed E-state index contributed by atoms with van der Waals surface area (Å²) in [5, 5.41) is 6.57. The summed E-state index contributed by atoms with van der Waals surface area (Å²) in [5.41, 5.74) is 2.67. The van der Waals surface area contributed by atoms with Crippen LogP contribution < -0.4 is 10.1 Å². The van der Waals surface area contributed by atoms with Gasteiger partial charge in [0.25, 0.3) is 0 Å². The summed E-state index contributed by atoms with van der Waals surface area (Å²) in [6.07, 6.45) is -2.93. The van der Waals surface area contributed by atoms with Gasteiger partial charge in [0.05, 0.1) is 16.4 Å². The molecular weight excluding hydrogens is 409 g/mol. The number of amides is 1. The van der Waals surface area contributed by atoms with Crippen LogP contribution in [0.25, 0.3) is 11.4 Å². The Hall–Kier alpha value is -2.95. The number of hydrogen-bond acceptors (Lipinski definition) is 7. The molecule has 154 valence electrons. The van der Waals surface area contributed by atoms with Crippen LogP contribution in [0.3, 0.4) is 0 Å². The summed E-state index contributed by atoms with van der Waals surface area (Å²) in [5.74, 6) is 0.668. The van der Waals surface area contributed by atoms with Crippen LogP contribution in [-0.4, -0.2) is 33.9 Å². The fourth-order valence-electron chi connectivity index (χ4n) is 2.55. The number of carbonyl (C=O) groups is 1. The van der Waals surface area contributed by atoms with Crippen molar-refractivity contribution in [3.63, 3.8) is 0 Å². The van der Waals surface area contributed by atoms with E-state index in [0.29, 0.717) is 40.7 Å². The number of aryl methyl sites for hydroxylation is 3. The molecule has 0 aliphatic heterocycles. The highest BCUT2D eigenvalue weighted by Gasteiger charge is 2.28. The lowest BCUT2D eigenvalue weighted by Crippen LogP contribution is -2.35. The third-order valence-corrected chi connectivity index (χ3v) is 4.99. The van der Waals surface area contributed by atoms with Crippen molar-refractivity contribution in [3.05, 3.63) is 46.4 Å². The van der Waals surface area contributed by atoms with Crippen LogP contribution in [0.2, 0.25) is 0 Å². The molecule has 1 N–H and O–H groups in total. The highest BCUT2D eigenvalue weighted by Crippen LogP contribution is 2.30. The number of rotatable bonds is 6. The lowest BCUT2D eigenvalue weighted by Gasteiger charge is -2.07. The van der Waals surface area contributed by atoms with Gasteiger partial charge in [-0.25, -0.2) is 9.78 Å². The molecule has 3 rings (SSSR count). The molecule has 0 aliphatic carbocycles. The van der Waals surface area contributed by atoms with Gasteiger partial charge in [-0.05, 0) is 32.4 Å². The van der Waals surface area contributed by atoms with Gasteiger partial charge >= 0.3 is 12.3 Å². The second-order valence-electron chi connectivity index (χ2n) is 6.12. The van der Waals surface area contributed by atoms with E-state index in [2.05, 4.69) is 15.1 Å². The molecule has 29 heavy (non-hydrogen) atoms. The van der Waals surface area contributed by atoms with Crippen LogP contribution in [0.4, 0.5) is 18.0 Å². The molecule has 11 heteroatoms. The fraction of sp³-hybridized carbons (Fsp3) is 0.333. The first-order valence-electron chi connectivity index (χ1n) is 8.58. The van der Waals surface area contributed by atoms with E-state index in [9.17, 15) is 18.0 Å². The number of aromatic nitrogens is 3. The van der Waals surface area contributed by atoms with Crippen molar-refractivity contribution >= 4 is 17.4 Å². The Morgan fingerprint density at radius 2 is 2.07 bits per heavy atom. The van der Waals surface area contributed by atoms with E-state index in [1.807, 2.05) is 12.1 Å². The van der Waals surface area contributed by atoms with Gasteiger partial charge in [0.1, 0.15) is 18.0 Å². The number of alkyl halides is 3. The number of thiazole rings is 1. The molecule has 0 unspecified atom stereocenters. The van der Waals surface area contributed by atoms with Gasteiger partial charge < -0.3 is 14.6 Å². The van der Waals surface area contributed by atoms with E-state index < -0.39 is 18.8 Å². The van der Waals surface area contributed by atoms with Gasteiger partial charge in [-0.15, -0.1) is 0 Å². The van der Waals surface area contributed by atoms with E-state index >= 15 is 0 Å². The second kappa shape index (κ2) is 8.60. The van der Waals surface area contributed by atoms with Crippen LogP contribution in [0.15, 0.2) is 28.9 Å². The van der Waals surface area contributed by atoms with Gasteiger partial charge in [0.2, 0.25) is 5.06 Å². The predicted molar refractivity (Wildman–Crippen MR) is 98.8 cm³/mol. The molecule has 3 aromatic heterocycles. The average molecular weight is 426 g/mol. The molecule has 0 aromatic carbocycles. The first kappa shape index (κ1) is 20.8. The van der Waals surface area contributed by atoms with Gasteiger partial charge in [0.15, 0.2) is 0 Å². The number of pyridine rings is 1. The number of ether oxygens (including phenoxy) is 1. The molecule has 0 aliphatic rings. The van der Waals surface area contributed by atoms with E-state index in [4.69, 9.17) is 9.26 Å². The number of hydrogen-bond donors (Lipinski definition) is 1. The van der Waals surface area contributed by atoms with Crippen molar-refractivity contribution in [2.45, 2.75) is 32.9 Å². The quantitative estimate of drug-likeness (QED) is 0.634. The molecule has 0 saturated heterocycles. The average Bonchev–Trinajstić information content (AvgIpc) is 3.21. The van der Waals surface area contributed by atoms with Crippen molar-refractivity contribution in [2.24, 2.45) is 0 Å². The molecule has 0 radical (unpaired) electrons. The Kier molecular flexibility index (Phi) is 6.16. The number of nitrogens with zero attached hydrogens (tertiary/aromatic N) is 3. The van der Waals surface area contributed by atoms with E-state index in [-0.39, 0.29) is 5.06 Å². The molecule has 3 aromatic rings. The van der Waals surface area contributed by atoms with Crippen LogP contribution in [0, 0.1) is 13.8 Å². The largest absolute Gasteiger partial charge is 0.413 e. The molecule has 0 bridgehead atoms. The molecule has 0 saturated carbocycles. The first-order valence-corrected chi connectivity index (χ1v) is 9.40. The SMILES string of the molecule is Cc1nc(CCc2c(-c3ccccn3)noc2C)sc1OC(=O)NCC(F)(F)F. The van der Waals surface area contributed by atoms with Crippen molar-refractivity contribution in [1.29, 1.82) is 0 Å². The zero-order valence-electron chi connectivity index (χ0n) is 15.5.